The summed E-state index contributed by atoms with van der Waals surface area (Å²) in [6, 6.07) is 11.1. The van der Waals surface area contributed by atoms with Gasteiger partial charge >= 0.3 is 0 Å². The van der Waals surface area contributed by atoms with E-state index < -0.39 is 0 Å². The number of nitrogens with zero attached hydrogens (tertiary/aromatic N) is 2. The van der Waals surface area contributed by atoms with Gasteiger partial charge in [0, 0.05) is 27.9 Å². The van der Waals surface area contributed by atoms with Gasteiger partial charge in [0.05, 0.1) is 11.5 Å². The highest BCUT2D eigenvalue weighted by molar-refractivity contribution is 8.00. The average molecular weight is 320 g/mol. The second kappa shape index (κ2) is 7.81. The van der Waals surface area contributed by atoms with Crippen molar-refractivity contribution < 1.29 is 4.79 Å². The quantitative estimate of drug-likeness (QED) is 0.522. The van der Waals surface area contributed by atoms with Gasteiger partial charge in [0.1, 0.15) is 0 Å². The lowest BCUT2D eigenvalue weighted by Gasteiger charge is -2.03. The molecular formula is C15H14ClN3OS. The van der Waals surface area contributed by atoms with E-state index in [-0.39, 0.29) is 5.91 Å². The van der Waals surface area contributed by atoms with Crippen molar-refractivity contribution in [1.29, 1.82) is 0 Å². The van der Waals surface area contributed by atoms with Crippen molar-refractivity contribution in [3.05, 3.63) is 59.4 Å². The molecule has 0 aliphatic rings. The smallest absolute Gasteiger partial charge is 0.250 e. The second-order valence-electron chi connectivity index (χ2n) is 4.22. The number of hydrogen-bond acceptors (Lipinski definition) is 4. The number of nitrogens with one attached hydrogen (secondary N) is 1. The van der Waals surface area contributed by atoms with Gasteiger partial charge in [-0.25, -0.2) is 5.43 Å². The summed E-state index contributed by atoms with van der Waals surface area (Å²) in [5.41, 5.74) is 4.13. The number of rotatable bonds is 5. The van der Waals surface area contributed by atoms with Gasteiger partial charge in [0.2, 0.25) is 5.91 Å². The molecule has 1 N–H and O–H groups in total. The Morgan fingerprint density at radius 3 is 2.76 bits per heavy atom. The third-order valence-electron chi connectivity index (χ3n) is 2.61. The zero-order valence-corrected chi connectivity index (χ0v) is 13.0. The lowest BCUT2D eigenvalue weighted by atomic mass is 10.2. The Balaban J connectivity index is 1.83. The first-order chi connectivity index (χ1) is 10.1. The molecule has 0 unspecified atom stereocenters. The summed E-state index contributed by atoms with van der Waals surface area (Å²) < 4.78 is 0. The number of pyridine rings is 1. The first-order valence-corrected chi connectivity index (χ1v) is 7.63. The number of thioether (sulfide) groups is 1. The normalized spacial score (nSPS) is 11.2. The summed E-state index contributed by atoms with van der Waals surface area (Å²) in [6.45, 7) is 1.82. The predicted octanol–water partition coefficient (Wildman–Crippen LogP) is 3.37. The van der Waals surface area contributed by atoms with Gasteiger partial charge in [-0.05, 0) is 37.3 Å². The minimum absolute atomic E-state index is 0.154. The Morgan fingerprint density at radius 2 is 2.10 bits per heavy atom. The number of benzene rings is 1. The highest BCUT2D eigenvalue weighted by Gasteiger charge is 2.03. The molecule has 0 spiro atoms. The number of aromatic nitrogens is 1. The summed E-state index contributed by atoms with van der Waals surface area (Å²) in [4.78, 5) is 16.7. The van der Waals surface area contributed by atoms with E-state index in [1.165, 1.54) is 11.8 Å². The number of carbonyl (C=O) groups excluding carboxylic acids is 1. The van der Waals surface area contributed by atoms with E-state index in [2.05, 4.69) is 15.5 Å². The van der Waals surface area contributed by atoms with E-state index in [0.717, 1.165) is 10.5 Å². The highest BCUT2D eigenvalue weighted by atomic mass is 35.5. The molecule has 0 aliphatic carbocycles. The molecule has 0 bridgehead atoms. The maximum Gasteiger partial charge on any atom is 0.250 e. The van der Waals surface area contributed by atoms with E-state index in [9.17, 15) is 4.79 Å². The third kappa shape index (κ3) is 5.21. The van der Waals surface area contributed by atoms with E-state index in [1.54, 1.807) is 24.5 Å². The van der Waals surface area contributed by atoms with Crippen LogP contribution in [-0.2, 0) is 4.79 Å². The Labute approximate surface area is 132 Å². The first kappa shape index (κ1) is 15.5. The molecule has 4 nitrogen and oxygen atoms in total. The topological polar surface area (TPSA) is 54.4 Å². The predicted molar refractivity (Wildman–Crippen MR) is 86.8 cm³/mol. The van der Waals surface area contributed by atoms with Gasteiger partial charge in [-0.1, -0.05) is 17.7 Å². The van der Waals surface area contributed by atoms with Crippen molar-refractivity contribution in [2.24, 2.45) is 5.10 Å². The van der Waals surface area contributed by atoms with Crippen LogP contribution in [0.4, 0.5) is 0 Å². The summed E-state index contributed by atoms with van der Waals surface area (Å²) in [5.74, 6) is 0.143. The molecule has 21 heavy (non-hydrogen) atoms. The maximum atomic E-state index is 11.7. The Hall–Kier alpha value is -1.85. The van der Waals surface area contributed by atoms with Crippen molar-refractivity contribution in [3.63, 3.8) is 0 Å². The van der Waals surface area contributed by atoms with Crippen molar-refractivity contribution in [2.75, 3.05) is 5.75 Å². The van der Waals surface area contributed by atoms with Crippen LogP contribution in [0.5, 0.6) is 0 Å². The highest BCUT2D eigenvalue weighted by Crippen LogP contribution is 2.19. The van der Waals surface area contributed by atoms with Crippen LogP contribution in [0, 0.1) is 0 Å². The van der Waals surface area contributed by atoms with E-state index in [4.69, 9.17) is 11.6 Å². The summed E-state index contributed by atoms with van der Waals surface area (Å²) in [5, 5.41) is 4.74. The molecule has 2 rings (SSSR count). The fourth-order valence-corrected chi connectivity index (χ4v) is 2.32. The minimum Gasteiger partial charge on any atom is -0.272 e. The van der Waals surface area contributed by atoms with Crippen LogP contribution in [0.3, 0.4) is 0 Å². The van der Waals surface area contributed by atoms with Crippen LogP contribution in [0.1, 0.15) is 12.5 Å². The molecule has 1 amide bonds. The van der Waals surface area contributed by atoms with Crippen LogP contribution in [0.25, 0.3) is 0 Å². The Bertz CT molecular complexity index is 629. The zero-order valence-electron chi connectivity index (χ0n) is 11.4. The monoisotopic (exact) mass is 319 g/mol. The van der Waals surface area contributed by atoms with Gasteiger partial charge in [0.25, 0.3) is 0 Å². The molecule has 0 atom stereocenters. The molecular weight excluding hydrogens is 306 g/mol. The number of hydrogen-bond donors (Lipinski definition) is 1. The van der Waals surface area contributed by atoms with Crippen LogP contribution >= 0.6 is 23.4 Å². The number of halogens is 1. The molecule has 1 aromatic carbocycles. The van der Waals surface area contributed by atoms with Crippen LogP contribution < -0.4 is 5.43 Å². The van der Waals surface area contributed by atoms with Crippen LogP contribution in [-0.4, -0.2) is 22.4 Å². The molecule has 0 fully saturated rings. The fraction of sp³-hybridized carbons (Fsp3) is 0.133. The van der Waals surface area contributed by atoms with Gasteiger partial charge in [0.15, 0.2) is 0 Å². The SMILES string of the molecule is C/C(=N/NC(=O)CSc1ccc(Cl)cc1)c1cccnc1. The fourth-order valence-electron chi connectivity index (χ4n) is 1.50. The minimum atomic E-state index is -0.154. The third-order valence-corrected chi connectivity index (χ3v) is 3.88. The van der Waals surface area contributed by atoms with Crippen LogP contribution in [0.2, 0.25) is 5.02 Å². The Kier molecular flexibility index (Phi) is 5.78. The van der Waals surface area contributed by atoms with E-state index in [0.29, 0.717) is 16.5 Å². The lowest BCUT2D eigenvalue weighted by Crippen LogP contribution is -2.21. The van der Waals surface area contributed by atoms with Crippen molar-refractivity contribution >= 4 is 35.0 Å². The van der Waals surface area contributed by atoms with Crippen molar-refractivity contribution in [1.82, 2.24) is 10.4 Å². The van der Waals surface area contributed by atoms with E-state index in [1.807, 2.05) is 31.2 Å². The molecule has 0 radical (unpaired) electrons. The number of hydrazone groups is 1. The summed E-state index contributed by atoms with van der Waals surface area (Å²) in [6.07, 6.45) is 3.39. The molecule has 0 saturated heterocycles. The molecule has 0 saturated carbocycles. The van der Waals surface area contributed by atoms with Gasteiger partial charge in [-0.2, -0.15) is 5.10 Å². The lowest BCUT2D eigenvalue weighted by molar-refractivity contribution is -0.118. The number of carbonyl (C=O) groups is 1. The largest absolute Gasteiger partial charge is 0.272 e. The summed E-state index contributed by atoms with van der Waals surface area (Å²) in [7, 11) is 0. The first-order valence-electron chi connectivity index (χ1n) is 6.27. The van der Waals surface area contributed by atoms with E-state index >= 15 is 0 Å². The van der Waals surface area contributed by atoms with Gasteiger partial charge in [-0.15, -0.1) is 11.8 Å². The van der Waals surface area contributed by atoms with Gasteiger partial charge < -0.3 is 0 Å². The molecule has 1 aromatic heterocycles. The van der Waals surface area contributed by atoms with Crippen LogP contribution in [0.15, 0.2) is 58.8 Å². The summed E-state index contributed by atoms with van der Waals surface area (Å²) >= 11 is 7.24. The molecule has 0 aliphatic heterocycles. The maximum absolute atomic E-state index is 11.7. The number of amides is 1. The second-order valence-corrected chi connectivity index (χ2v) is 5.70. The van der Waals surface area contributed by atoms with Gasteiger partial charge in [-0.3, -0.25) is 9.78 Å². The Morgan fingerprint density at radius 1 is 1.33 bits per heavy atom. The average Bonchev–Trinajstić information content (AvgIpc) is 2.53. The molecule has 1 heterocycles. The zero-order chi connectivity index (χ0) is 15.1. The molecule has 108 valence electrons. The molecule has 2 aromatic rings. The van der Waals surface area contributed by atoms with Crippen molar-refractivity contribution in [3.8, 4) is 0 Å². The standard InChI is InChI=1S/C15H14ClN3OS/c1-11(12-3-2-8-17-9-12)18-19-15(20)10-21-14-6-4-13(16)5-7-14/h2-9H,10H2,1H3,(H,19,20)/b18-11-. The van der Waals surface area contributed by atoms with Crippen molar-refractivity contribution in [2.45, 2.75) is 11.8 Å². The molecule has 6 heteroatoms.